The fourth-order valence-corrected chi connectivity index (χ4v) is 8.70. The maximum atomic E-state index is 10.5. The Hall–Kier alpha value is -7.86. The van der Waals surface area contributed by atoms with E-state index in [0.29, 0.717) is 11.1 Å². The molecule has 0 aliphatic heterocycles. The van der Waals surface area contributed by atoms with Gasteiger partial charge in [0, 0.05) is 49.4 Å². The van der Waals surface area contributed by atoms with Gasteiger partial charge in [0.1, 0.15) is 0 Å². The van der Waals surface area contributed by atoms with Crippen molar-refractivity contribution in [1.82, 2.24) is 13.7 Å². The zero-order chi connectivity index (χ0) is 36.6. The van der Waals surface area contributed by atoms with Crippen molar-refractivity contribution >= 4 is 65.4 Å². The first-order chi connectivity index (χ1) is 27.2. The third kappa shape index (κ3) is 4.51. The predicted octanol–water partition coefficient (Wildman–Crippen LogP) is 12.4. The molecule has 0 aliphatic rings. The van der Waals surface area contributed by atoms with Gasteiger partial charge in [0.2, 0.25) is 0 Å². The van der Waals surface area contributed by atoms with E-state index in [1.165, 1.54) is 21.8 Å². The van der Waals surface area contributed by atoms with Crippen molar-refractivity contribution in [3.8, 4) is 40.3 Å². The summed E-state index contributed by atoms with van der Waals surface area (Å²) in [6.45, 7) is 0. The third-order valence-electron chi connectivity index (χ3n) is 11.1. The van der Waals surface area contributed by atoms with Gasteiger partial charge in [-0.1, -0.05) is 97.1 Å². The van der Waals surface area contributed by atoms with Crippen molar-refractivity contribution in [1.29, 1.82) is 10.5 Å². The molecule has 0 saturated heterocycles. The Bertz CT molecular complexity index is 3400. The van der Waals surface area contributed by atoms with Gasteiger partial charge in [0.25, 0.3) is 0 Å². The largest absolute Gasteiger partial charge is 0.309 e. The van der Waals surface area contributed by atoms with Crippen LogP contribution in [0.4, 0.5) is 0 Å². The van der Waals surface area contributed by atoms with Crippen molar-refractivity contribution < 1.29 is 0 Å². The van der Waals surface area contributed by atoms with Crippen LogP contribution >= 0.6 is 0 Å². The number of hydrogen-bond donors (Lipinski definition) is 0. The molecule has 0 atom stereocenters. The van der Waals surface area contributed by atoms with Crippen molar-refractivity contribution in [2.24, 2.45) is 0 Å². The van der Waals surface area contributed by atoms with Crippen LogP contribution in [0.1, 0.15) is 11.1 Å². The number of hydrogen-bond acceptors (Lipinski definition) is 2. The lowest BCUT2D eigenvalue weighted by atomic mass is 9.99. The van der Waals surface area contributed by atoms with Crippen molar-refractivity contribution in [2.75, 3.05) is 0 Å². The monoisotopic (exact) mass is 699 g/mol. The van der Waals surface area contributed by atoms with Crippen LogP contribution in [0.15, 0.2) is 176 Å². The molecule has 0 unspecified atom stereocenters. The predicted molar refractivity (Wildman–Crippen MR) is 224 cm³/mol. The third-order valence-corrected chi connectivity index (χ3v) is 11.1. The summed E-state index contributed by atoms with van der Waals surface area (Å²) in [6.07, 6.45) is 0. The van der Waals surface area contributed by atoms with Crippen LogP contribution in [0.3, 0.4) is 0 Å². The molecule has 11 rings (SSSR count). The Labute approximate surface area is 316 Å². The molecule has 5 heteroatoms. The van der Waals surface area contributed by atoms with Crippen LogP contribution in [0.5, 0.6) is 0 Å². The van der Waals surface area contributed by atoms with Crippen LogP contribution in [0.2, 0.25) is 0 Å². The van der Waals surface area contributed by atoms with Gasteiger partial charge in [-0.2, -0.15) is 10.5 Å². The average Bonchev–Trinajstić information content (AvgIpc) is 3.88. The minimum atomic E-state index is 0.614. The summed E-state index contributed by atoms with van der Waals surface area (Å²) in [5.74, 6) is 0. The van der Waals surface area contributed by atoms with Crippen molar-refractivity contribution in [3.63, 3.8) is 0 Å². The summed E-state index contributed by atoms with van der Waals surface area (Å²) in [6, 6.07) is 65.9. The Kier molecular flexibility index (Phi) is 6.61. The number of aromatic nitrogens is 3. The molecule has 0 radical (unpaired) electrons. The van der Waals surface area contributed by atoms with Gasteiger partial charge in [-0.15, -0.1) is 0 Å². The van der Waals surface area contributed by atoms with Crippen LogP contribution in [-0.2, 0) is 0 Å². The Morgan fingerprint density at radius 1 is 0.327 bits per heavy atom. The van der Waals surface area contributed by atoms with E-state index < -0.39 is 0 Å². The zero-order valence-corrected chi connectivity index (χ0v) is 29.5. The second-order valence-corrected chi connectivity index (χ2v) is 14.0. The molecule has 3 heterocycles. The van der Waals surface area contributed by atoms with E-state index >= 15 is 0 Å². The highest BCUT2D eigenvalue weighted by atomic mass is 15.0. The number of para-hydroxylation sites is 4. The van der Waals surface area contributed by atoms with Gasteiger partial charge in [-0.05, 0) is 90.0 Å². The first kappa shape index (κ1) is 30.7. The summed E-state index contributed by atoms with van der Waals surface area (Å²) < 4.78 is 6.82. The number of benzene rings is 8. The summed E-state index contributed by atoms with van der Waals surface area (Å²) >= 11 is 0. The molecule has 0 bridgehead atoms. The first-order valence-corrected chi connectivity index (χ1v) is 18.3. The van der Waals surface area contributed by atoms with E-state index in [2.05, 4.69) is 177 Å². The van der Waals surface area contributed by atoms with E-state index in [4.69, 9.17) is 0 Å². The van der Waals surface area contributed by atoms with Gasteiger partial charge < -0.3 is 13.7 Å². The van der Waals surface area contributed by atoms with Crippen LogP contribution in [-0.4, -0.2) is 13.7 Å². The molecule has 8 aromatic carbocycles. The Balaban J connectivity index is 1.03. The second-order valence-electron chi connectivity index (χ2n) is 14.0. The molecule has 0 aliphatic carbocycles. The quantitative estimate of drug-likeness (QED) is 0.184. The molecule has 5 nitrogen and oxygen atoms in total. The molecule has 254 valence electrons. The van der Waals surface area contributed by atoms with E-state index in [-0.39, 0.29) is 0 Å². The van der Waals surface area contributed by atoms with Crippen molar-refractivity contribution in [3.05, 3.63) is 187 Å². The Morgan fingerprint density at radius 3 is 1.36 bits per heavy atom. The highest BCUT2D eigenvalue weighted by Gasteiger charge is 2.18. The van der Waals surface area contributed by atoms with Gasteiger partial charge >= 0.3 is 0 Å². The minimum absolute atomic E-state index is 0.614. The highest BCUT2D eigenvalue weighted by molar-refractivity contribution is 6.13. The van der Waals surface area contributed by atoms with Gasteiger partial charge in [0.05, 0.1) is 56.4 Å². The number of fused-ring (bicyclic) bond motifs is 9. The molecule has 11 aromatic rings. The van der Waals surface area contributed by atoms with Crippen molar-refractivity contribution in [2.45, 2.75) is 0 Å². The average molecular weight is 700 g/mol. The molecule has 0 saturated carbocycles. The van der Waals surface area contributed by atoms with E-state index in [0.717, 1.165) is 71.8 Å². The first-order valence-electron chi connectivity index (χ1n) is 18.3. The molecule has 0 spiro atoms. The molecule has 55 heavy (non-hydrogen) atoms. The van der Waals surface area contributed by atoms with Gasteiger partial charge in [-0.25, -0.2) is 0 Å². The zero-order valence-electron chi connectivity index (χ0n) is 29.5. The van der Waals surface area contributed by atoms with Crippen LogP contribution in [0.25, 0.3) is 93.6 Å². The fraction of sp³-hybridized carbons (Fsp3) is 0. The Morgan fingerprint density at radius 2 is 0.782 bits per heavy atom. The summed E-state index contributed by atoms with van der Waals surface area (Å²) in [4.78, 5) is 0. The fourth-order valence-electron chi connectivity index (χ4n) is 8.70. The molecule has 0 amide bonds. The maximum Gasteiger partial charge on any atom is 0.0998 e. The van der Waals surface area contributed by atoms with Gasteiger partial charge in [0.15, 0.2) is 0 Å². The molecule has 0 fully saturated rings. The molecular formula is C50H29N5. The highest BCUT2D eigenvalue weighted by Crippen LogP contribution is 2.38. The standard InChI is InChI=1S/C50H29N5/c51-30-32-17-24-43-41-11-3-7-15-47(41)55(50(43)27-32)37-23-26-49-44(29-37)42-12-4-8-16-48(42)54(49)36-22-25-38(34(28-36)31-52)33-18-20-35(21-19-33)53-45-13-5-1-9-39(45)40-10-2-6-14-46(40)53/h1-29H. The second kappa shape index (κ2) is 11.8. The minimum Gasteiger partial charge on any atom is -0.309 e. The number of nitrogens with zero attached hydrogens (tertiary/aromatic N) is 5. The number of rotatable bonds is 4. The van der Waals surface area contributed by atoms with Crippen LogP contribution < -0.4 is 0 Å². The maximum absolute atomic E-state index is 10.5. The summed E-state index contributed by atoms with van der Waals surface area (Å²) in [5.41, 5.74) is 12.7. The molecular weight excluding hydrogens is 671 g/mol. The summed E-state index contributed by atoms with van der Waals surface area (Å²) in [7, 11) is 0. The SMILES string of the molecule is N#Cc1ccc2c3ccccc3n(-c3ccc4c(c3)c3ccccc3n4-c3ccc(-c4ccc(-n5c6ccccc6c6ccccc65)cc4)c(C#N)c3)c2c1. The van der Waals surface area contributed by atoms with E-state index in [9.17, 15) is 10.5 Å². The lowest BCUT2D eigenvalue weighted by molar-refractivity contribution is 1.16. The topological polar surface area (TPSA) is 62.4 Å². The smallest absolute Gasteiger partial charge is 0.0998 e. The molecule has 0 N–H and O–H groups in total. The van der Waals surface area contributed by atoms with E-state index in [1.54, 1.807) is 0 Å². The summed E-state index contributed by atoms with van der Waals surface area (Å²) in [5, 5.41) is 27.2. The van der Waals surface area contributed by atoms with E-state index in [1.807, 2.05) is 24.3 Å². The lowest BCUT2D eigenvalue weighted by Gasteiger charge is -2.13. The van der Waals surface area contributed by atoms with Gasteiger partial charge in [-0.3, -0.25) is 0 Å². The number of nitriles is 2. The lowest BCUT2D eigenvalue weighted by Crippen LogP contribution is -1.97. The molecule has 3 aromatic heterocycles. The normalized spacial score (nSPS) is 11.6. The van der Waals surface area contributed by atoms with Crippen LogP contribution in [0, 0.1) is 22.7 Å².